The van der Waals surface area contributed by atoms with Crippen molar-refractivity contribution in [3.05, 3.63) is 72.8 Å². The molecule has 1 saturated heterocycles. The summed E-state index contributed by atoms with van der Waals surface area (Å²) >= 11 is 5.95. The molecule has 36 heavy (non-hydrogen) atoms. The Labute approximate surface area is 208 Å². The van der Waals surface area contributed by atoms with Gasteiger partial charge in [-0.1, -0.05) is 23.7 Å². The van der Waals surface area contributed by atoms with Crippen molar-refractivity contribution in [2.24, 2.45) is 0 Å². The second kappa shape index (κ2) is 8.45. The topological polar surface area (TPSA) is 135 Å². The number of hydrogen-bond acceptors (Lipinski definition) is 7. The van der Waals surface area contributed by atoms with Gasteiger partial charge in [-0.15, -0.1) is 0 Å². The number of aromatic nitrogens is 1. The van der Waals surface area contributed by atoms with Crippen molar-refractivity contribution in [2.45, 2.75) is 31.4 Å². The lowest BCUT2D eigenvalue weighted by atomic mass is 9.84. The van der Waals surface area contributed by atoms with Gasteiger partial charge in [0.15, 0.2) is 5.75 Å². The highest BCUT2D eigenvalue weighted by Crippen LogP contribution is 2.48. The second-order valence-corrected chi connectivity index (χ2v) is 9.53. The predicted octanol–water partition coefficient (Wildman–Crippen LogP) is 3.84. The molecule has 0 saturated carbocycles. The number of benzene rings is 2. The molecule has 2 aliphatic heterocycles. The number of aliphatic hydroxyl groups is 1. The summed E-state index contributed by atoms with van der Waals surface area (Å²) in [6, 6.07) is 6.29. The van der Waals surface area contributed by atoms with Crippen molar-refractivity contribution in [3.8, 4) is 5.75 Å². The first kappa shape index (κ1) is 24.0. The summed E-state index contributed by atoms with van der Waals surface area (Å²) in [5.41, 5.74) is -3.70. The second-order valence-electron chi connectivity index (χ2n) is 9.09. The van der Waals surface area contributed by atoms with Gasteiger partial charge in [0, 0.05) is 24.3 Å². The first-order valence-electron chi connectivity index (χ1n) is 11.2. The molecule has 3 aromatic rings. The van der Waals surface area contributed by atoms with Crippen LogP contribution in [-0.2, 0) is 5.60 Å². The SMILES string of the molecule is CC1COc2c(N3CCC(O)(c4ccc(Cl)cc4)CC3)c(F)c([N+](=O)[O-])c3c(=O)c(C(=O)O)cn1c23. The van der Waals surface area contributed by atoms with E-state index in [0.29, 0.717) is 10.6 Å². The fraction of sp³-hybridized carbons (Fsp3) is 0.333. The van der Waals surface area contributed by atoms with Gasteiger partial charge in [0.25, 0.3) is 0 Å². The van der Waals surface area contributed by atoms with E-state index in [4.69, 9.17) is 16.3 Å². The summed E-state index contributed by atoms with van der Waals surface area (Å²) in [5, 5.41) is 32.6. The van der Waals surface area contributed by atoms with E-state index < -0.39 is 50.4 Å². The standard InChI is InChI=1S/C24H21ClFN3O7/c1-12-11-36-22-19-16(21(30)15(23(31)32)10-28(12)19)18(29(34)35)17(26)20(22)27-8-6-24(33,7-9-27)13-2-4-14(25)5-3-13/h2-5,10,12,33H,6-9,11H2,1H3,(H,31,32). The van der Waals surface area contributed by atoms with Crippen molar-refractivity contribution in [1.29, 1.82) is 0 Å². The minimum absolute atomic E-state index is 0.0228. The number of anilines is 1. The molecule has 2 aromatic carbocycles. The van der Waals surface area contributed by atoms with Gasteiger partial charge in [-0.3, -0.25) is 14.9 Å². The molecular weight excluding hydrogens is 497 g/mol. The molecule has 5 rings (SSSR count). The minimum Gasteiger partial charge on any atom is -0.487 e. The van der Waals surface area contributed by atoms with Gasteiger partial charge in [-0.25, -0.2) is 4.79 Å². The van der Waals surface area contributed by atoms with Crippen LogP contribution in [-0.4, -0.2) is 45.4 Å². The maximum Gasteiger partial charge on any atom is 0.341 e. The monoisotopic (exact) mass is 517 g/mol. The fourth-order valence-corrected chi connectivity index (χ4v) is 5.17. The molecule has 10 nitrogen and oxygen atoms in total. The number of piperidine rings is 1. The van der Waals surface area contributed by atoms with Crippen LogP contribution in [0, 0.1) is 15.9 Å². The maximum absolute atomic E-state index is 15.9. The number of ether oxygens (including phenoxy) is 1. The Balaban J connectivity index is 1.68. The van der Waals surface area contributed by atoms with E-state index in [9.17, 15) is 29.9 Å². The summed E-state index contributed by atoms with van der Waals surface area (Å²) in [6.07, 6.45) is 1.51. The molecule has 0 spiro atoms. The van der Waals surface area contributed by atoms with Crippen LogP contribution < -0.4 is 15.1 Å². The third-order valence-corrected chi connectivity index (χ3v) is 7.21. The third kappa shape index (κ3) is 3.58. The predicted molar refractivity (Wildman–Crippen MR) is 129 cm³/mol. The Morgan fingerprint density at radius 3 is 2.50 bits per heavy atom. The number of carbonyl (C=O) groups is 1. The molecule has 188 valence electrons. The number of halogens is 2. The van der Waals surface area contributed by atoms with Crippen LogP contribution in [0.3, 0.4) is 0 Å². The first-order valence-corrected chi connectivity index (χ1v) is 11.6. The number of nitro benzene ring substituents is 1. The van der Waals surface area contributed by atoms with Gasteiger partial charge in [-0.05, 0) is 37.5 Å². The van der Waals surface area contributed by atoms with Crippen LogP contribution in [0.25, 0.3) is 10.9 Å². The van der Waals surface area contributed by atoms with Crippen LogP contribution in [0.15, 0.2) is 35.3 Å². The highest BCUT2D eigenvalue weighted by Gasteiger charge is 2.41. The Bertz CT molecular complexity index is 1480. The van der Waals surface area contributed by atoms with Crippen LogP contribution in [0.1, 0.15) is 41.7 Å². The zero-order valence-electron chi connectivity index (χ0n) is 19.0. The normalized spacial score (nSPS) is 18.7. The smallest absolute Gasteiger partial charge is 0.341 e. The summed E-state index contributed by atoms with van der Waals surface area (Å²) in [7, 11) is 0. The van der Waals surface area contributed by atoms with Crippen LogP contribution in [0.4, 0.5) is 15.8 Å². The molecule has 1 fully saturated rings. The first-order chi connectivity index (χ1) is 17.0. The summed E-state index contributed by atoms with van der Waals surface area (Å²) in [5.74, 6) is -2.90. The van der Waals surface area contributed by atoms with Crippen LogP contribution >= 0.6 is 11.6 Å². The van der Waals surface area contributed by atoms with Crippen molar-refractivity contribution in [2.75, 3.05) is 24.6 Å². The number of carboxylic acids is 1. The highest BCUT2D eigenvalue weighted by molar-refractivity contribution is 6.30. The average Bonchev–Trinajstić information content (AvgIpc) is 2.83. The van der Waals surface area contributed by atoms with Gasteiger partial charge in [0.2, 0.25) is 11.2 Å². The molecule has 1 unspecified atom stereocenters. The zero-order chi connectivity index (χ0) is 25.9. The molecule has 3 heterocycles. The largest absolute Gasteiger partial charge is 0.487 e. The molecule has 1 atom stereocenters. The summed E-state index contributed by atoms with van der Waals surface area (Å²) in [6.45, 7) is 2.02. The van der Waals surface area contributed by atoms with Gasteiger partial charge < -0.3 is 24.4 Å². The van der Waals surface area contributed by atoms with E-state index in [-0.39, 0.29) is 49.5 Å². The van der Waals surface area contributed by atoms with E-state index in [1.165, 1.54) is 4.57 Å². The third-order valence-electron chi connectivity index (χ3n) is 6.96. The number of carboxylic acid groups (broad SMARTS) is 1. The lowest BCUT2D eigenvalue weighted by Crippen LogP contribution is -2.43. The lowest BCUT2D eigenvalue weighted by Gasteiger charge is -2.40. The highest BCUT2D eigenvalue weighted by atomic mass is 35.5. The van der Waals surface area contributed by atoms with E-state index >= 15 is 4.39 Å². The molecule has 0 amide bonds. The molecule has 0 radical (unpaired) electrons. The molecule has 0 aliphatic carbocycles. The summed E-state index contributed by atoms with van der Waals surface area (Å²) < 4.78 is 23.1. The molecular formula is C24H21ClFN3O7. The quantitative estimate of drug-likeness (QED) is 0.393. The van der Waals surface area contributed by atoms with Crippen molar-refractivity contribution in [1.82, 2.24) is 4.57 Å². The van der Waals surface area contributed by atoms with Gasteiger partial charge in [0.05, 0.1) is 16.6 Å². The van der Waals surface area contributed by atoms with Crippen molar-refractivity contribution >= 4 is 39.8 Å². The van der Waals surface area contributed by atoms with Crippen molar-refractivity contribution < 1.29 is 29.1 Å². The van der Waals surface area contributed by atoms with Gasteiger partial charge >= 0.3 is 11.7 Å². The van der Waals surface area contributed by atoms with Gasteiger partial charge in [0.1, 0.15) is 28.8 Å². The molecule has 2 N–H and O–H groups in total. The maximum atomic E-state index is 15.9. The van der Waals surface area contributed by atoms with Crippen molar-refractivity contribution in [3.63, 3.8) is 0 Å². The lowest BCUT2D eigenvalue weighted by molar-refractivity contribution is -0.385. The van der Waals surface area contributed by atoms with Gasteiger partial charge in [-0.2, -0.15) is 4.39 Å². The van der Waals surface area contributed by atoms with E-state index in [1.807, 2.05) is 0 Å². The van der Waals surface area contributed by atoms with E-state index in [2.05, 4.69) is 0 Å². The van der Waals surface area contributed by atoms with Crippen LogP contribution in [0.2, 0.25) is 5.02 Å². The van der Waals surface area contributed by atoms with E-state index in [0.717, 1.165) is 6.20 Å². The number of nitrogens with zero attached hydrogens (tertiary/aromatic N) is 3. The molecule has 2 aliphatic rings. The van der Waals surface area contributed by atoms with Crippen LogP contribution in [0.5, 0.6) is 5.75 Å². The fourth-order valence-electron chi connectivity index (χ4n) is 5.04. The Kier molecular flexibility index (Phi) is 5.64. The Hall–Kier alpha value is -3.70. The number of pyridine rings is 1. The molecule has 1 aromatic heterocycles. The minimum atomic E-state index is -1.57. The van der Waals surface area contributed by atoms with E-state index in [1.54, 1.807) is 36.1 Å². The number of aromatic carboxylic acids is 1. The Morgan fingerprint density at radius 1 is 1.28 bits per heavy atom. The number of rotatable bonds is 4. The average molecular weight is 518 g/mol. The number of hydrogen-bond donors (Lipinski definition) is 2. The summed E-state index contributed by atoms with van der Waals surface area (Å²) in [4.78, 5) is 37.2. The molecule has 0 bridgehead atoms. The molecule has 12 heteroatoms. The number of nitro groups is 1. The zero-order valence-corrected chi connectivity index (χ0v) is 19.8. The Morgan fingerprint density at radius 2 is 1.92 bits per heavy atom.